The van der Waals surface area contributed by atoms with Gasteiger partial charge in [0.25, 0.3) is 0 Å². The molecule has 3 rings (SSSR count). The summed E-state index contributed by atoms with van der Waals surface area (Å²) in [5.74, 6) is 0.928. The molecule has 0 saturated heterocycles. The molecule has 2 aromatic carbocycles. The molecule has 0 saturated carbocycles. The molecule has 0 radical (unpaired) electrons. The minimum absolute atomic E-state index is 0.328. The van der Waals surface area contributed by atoms with Crippen molar-refractivity contribution in [2.75, 3.05) is 5.32 Å². The third-order valence-electron chi connectivity index (χ3n) is 2.96. The second kappa shape index (κ2) is 5.97. The van der Waals surface area contributed by atoms with Gasteiger partial charge in [-0.05, 0) is 29.8 Å². The summed E-state index contributed by atoms with van der Waals surface area (Å²) in [5.41, 5.74) is 7.76. The molecule has 0 spiro atoms. The van der Waals surface area contributed by atoms with Gasteiger partial charge in [-0.15, -0.1) is 0 Å². The van der Waals surface area contributed by atoms with Gasteiger partial charge in [0.05, 0.1) is 0 Å². The second-order valence-corrected chi connectivity index (χ2v) is 5.45. The molecular weight excluding hydrogens is 330 g/mol. The molecule has 0 fully saturated rings. The van der Waals surface area contributed by atoms with Crippen molar-refractivity contribution in [3.8, 4) is 0 Å². The number of anilines is 1. The van der Waals surface area contributed by atoms with Crippen LogP contribution in [-0.2, 0) is 0 Å². The predicted molar refractivity (Wildman–Crippen MR) is 89.1 cm³/mol. The van der Waals surface area contributed by atoms with E-state index in [-0.39, 0.29) is 6.17 Å². The summed E-state index contributed by atoms with van der Waals surface area (Å²) in [5, 5.41) is 6.13. The van der Waals surface area contributed by atoms with Crippen molar-refractivity contribution in [3.05, 3.63) is 64.6 Å². The topological polar surface area (TPSA) is 74.8 Å². The number of aliphatic imine (C=N–C) groups is 2. The molecule has 0 unspecified atom stereocenters. The zero-order valence-electron chi connectivity index (χ0n) is 11.1. The molecule has 0 amide bonds. The molecule has 5 nitrogen and oxygen atoms in total. The SMILES string of the molecule is NC1=N[C@@H](c2ccccc2)N=C(Nc2ccc(Br)cc2)N1. The lowest BCUT2D eigenvalue weighted by Crippen LogP contribution is -2.43. The highest BCUT2D eigenvalue weighted by Gasteiger charge is 2.16. The number of hydrogen-bond acceptors (Lipinski definition) is 5. The zero-order chi connectivity index (χ0) is 14.7. The third-order valence-corrected chi connectivity index (χ3v) is 3.49. The van der Waals surface area contributed by atoms with Gasteiger partial charge in [-0.3, -0.25) is 5.32 Å². The minimum Gasteiger partial charge on any atom is -0.370 e. The smallest absolute Gasteiger partial charge is 0.205 e. The van der Waals surface area contributed by atoms with E-state index in [4.69, 9.17) is 5.73 Å². The summed E-state index contributed by atoms with van der Waals surface area (Å²) < 4.78 is 1.02. The maximum absolute atomic E-state index is 5.84. The van der Waals surface area contributed by atoms with Gasteiger partial charge in [-0.1, -0.05) is 46.3 Å². The molecule has 106 valence electrons. The predicted octanol–water partition coefficient (Wildman–Crippen LogP) is 2.83. The van der Waals surface area contributed by atoms with E-state index in [0.717, 1.165) is 15.7 Å². The summed E-state index contributed by atoms with van der Waals surface area (Å²) in [6.07, 6.45) is -0.328. The molecule has 0 aliphatic carbocycles. The zero-order valence-corrected chi connectivity index (χ0v) is 12.7. The van der Waals surface area contributed by atoms with E-state index in [1.807, 2.05) is 54.6 Å². The number of rotatable bonds is 2. The first kappa shape index (κ1) is 13.6. The summed E-state index contributed by atoms with van der Waals surface area (Å²) in [6, 6.07) is 17.7. The van der Waals surface area contributed by atoms with Crippen LogP contribution in [0.3, 0.4) is 0 Å². The van der Waals surface area contributed by atoms with Crippen LogP contribution in [0.4, 0.5) is 5.69 Å². The van der Waals surface area contributed by atoms with Crippen molar-refractivity contribution in [3.63, 3.8) is 0 Å². The molecule has 1 heterocycles. The number of hydrogen-bond donors (Lipinski definition) is 3. The molecule has 1 atom stereocenters. The van der Waals surface area contributed by atoms with E-state index < -0.39 is 0 Å². The first-order valence-electron chi connectivity index (χ1n) is 6.46. The van der Waals surface area contributed by atoms with Gasteiger partial charge in [0, 0.05) is 10.2 Å². The van der Waals surface area contributed by atoms with Crippen LogP contribution in [0.2, 0.25) is 0 Å². The number of nitrogens with two attached hydrogens (primary N) is 1. The lowest BCUT2D eigenvalue weighted by molar-refractivity contribution is 0.751. The Morgan fingerprint density at radius 2 is 1.71 bits per heavy atom. The van der Waals surface area contributed by atoms with Crippen LogP contribution in [-0.4, -0.2) is 11.9 Å². The average Bonchev–Trinajstić information content (AvgIpc) is 2.50. The largest absolute Gasteiger partial charge is 0.370 e. The Hall–Kier alpha value is -2.34. The van der Waals surface area contributed by atoms with Crippen molar-refractivity contribution >= 4 is 33.5 Å². The van der Waals surface area contributed by atoms with E-state index in [1.165, 1.54) is 0 Å². The molecule has 1 aliphatic rings. The van der Waals surface area contributed by atoms with Gasteiger partial charge in [0.1, 0.15) is 0 Å². The Balaban J connectivity index is 1.82. The first-order valence-corrected chi connectivity index (χ1v) is 7.25. The Bertz CT molecular complexity index is 679. The van der Waals surface area contributed by atoms with Crippen LogP contribution < -0.4 is 16.4 Å². The Morgan fingerprint density at radius 3 is 2.43 bits per heavy atom. The van der Waals surface area contributed by atoms with E-state index in [1.54, 1.807) is 0 Å². The van der Waals surface area contributed by atoms with Crippen molar-refractivity contribution in [2.45, 2.75) is 6.17 Å². The Kier molecular flexibility index (Phi) is 3.87. The highest BCUT2D eigenvalue weighted by molar-refractivity contribution is 9.10. The lowest BCUT2D eigenvalue weighted by Gasteiger charge is -2.20. The average molecular weight is 344 g/mol. The van der Waals surface area contributed by atoms with E-state index in [0.29, 0.717) is 11.9 Å². The first-order chi connectivity index (χ1) is 10.2. The fourth-order valence-electron chi connectivity index (χ4n) is 1.98. The van der Waals surface area contributed by atoms with Crippen molar-refractivity contribution in [2.24, 2.45) is 15.7 Å². The minimum atomic E-state index is -0.328. The monoisotopic (exact) mass is 343 g/mol. The van der Waals surface area contributed by atoms with Gasteiger partial charge in [-0.25, -0.2) is 9.98 Å². The highest BCUT2D eigenvalue weighted by atomic mass is 79.9. The standard InChI is InChI=1S/C15H14BrN5/c16-11-6-8-12(9-7-11)18-15-20-13(19-14(17)21-15)10-4-2-1-3-5-10/h1-9,13H,(H4,17,18,19,20,21)/t13-/m1/s1. The molecule has 21 heavy (non-hydrogen) atoms. The molecule has 2 aromatic rings. The fourth-order valence-corrected chi connectivity index (χ4v) is 2.24. The quantitative estimate of drug-likeness (QED) is 0.784. The Morgan fingerprint density at radius 1 is 1.00 bits per heavy atom. The summed E-state index contributed by atoms with van der Waals surface area (Å²) in [7, 11) is 0. The van der Waals surface area contributed by atoms with Crippen LogP contribution in [0, 0.1) is 0 Å². The van der Waals surface area contributed by atoms with E-state index in [2.05, 4.69) is 36.5 Å². The molecular formula is C15H14BrN5. The fraction of sp³-hybridized carbons (Fsp3) is 0.0667. The molecule has 0 aromatic heterocycles. The molecule has 4 N–H and O–H groups in total. The number of guanidine groups is 2. The van der Waals surface area contributed by atoms with Gasteiger partial charge in [-0.2, -0.15) is 0 Å². The van der Waals surface area contributed by atoms with Gasteiger partial charge in [0.2, 0.25) is 5.96 Å². The van der Waals surface area contributed by atoms with Crippen LogP contribution in [0.1, 0.15) is 11.7 Å². The molecule has 0 bridgehead atoms. The third kappa shape index (κ3) is 3.41. The van der Waals surface area contributed by atoms with Crippen LogP contribution >= 0.6 is 15.9 Å². The maximum Gasteiger partial charge on any atom is 0.205 e. The van der Waals surface area contributed by atoms with Crippen molar-refractivity contribution < 1.29 is 0 Å². The van der Waals surface area contributed by atoms with Crippen LogP contribution in [0.25, 0.3) is 0 Å². The van der Waals surface area contributed by atoms with Crippen molar-refractivity contribution in [1.82, 2.24) is 5.32 Å². The Labute approximate surface area is 131 Å². The second-order valence-electron chi connectivity index (χ2n) is 4.53. The molecule has 6 heteroatoms. The van der Waals surface area contributed by atoms with Gasteiger partial charge >= 0.3 is 0 Å². The number of benzene rings is 2. The van der Waals surface area contributed by atoms with E-state index in [9.17, 15) is 0 Å². The summed E-state index contributed by atoms with van der Waals surface area (Å²) >= 11 is 3.41. The van der Waals surface area contributed by atoms with Gasteiger partial charge < -0.3 is 11.1 Å². The van der Waals surface area contributed by atoms with E-state index >= 15 is 0 Å². The van der Waals surface area contributed by atoms with Crippen LogP contribution in [0.15, 0.2) is 69.1 Å². The lowest BCUT2D eigenvalue weighted by atomic mass is 10.2. The van der Waals surface area contributed by atoms with Gasteiger partial charge in [0.15, 0.2) is 12.1 Å². The summed E-state index contributed by atoms with van der Waals surface area (Å²) in [6.45, 7) is 0. The number of nitrogens with one attached hydrogen (secondary N) is 2. The highest BCUT2D eigenvalue weighted by Crippen LogP contribution is 2.21. The summed E-state index contributed by atoms with van der Waals surface area (Å²) in [4.78, 5) is 8.84. The van der Waals surface area contributed by atoms with Crippen LogP contribution in [0.5, 0.6) is 0 Å². The molecule has 1 aliphatic heterocycles. The number of nitrogens with zero attached hydrogens (tertiary/aromatic N) is 2. The van der Waals surface area contributed by atoms with Crippen molar-refractivity contribution in [1.29, 1.82) is 0 Å². The maximum atomic E-state index is 5.84. The normalized spacial score (nSPS) is 17.5. The number of halogens is 1.